The van der Waals surface area contributed by atoms with Gasteiger partial charge < -0.3 is 19.1 Å². The smallest absolute Gasteiger partial charge is 0.222 e. The van der Waals surface area contributed by atoms with E-state index >= 15 is 0 Å². The van der Waals surface area contributed by atoms with Gasteiger partial charge in [-0.1, -0.05) is 6.07 Å². The average molecular weight is 362 g/mol. The Morgan fingerprint density at radius 1 is 1.15 bits per heavy atom. The Balaban J connectivity index is 1.43. The Morgan fingerprint density at radius 3 is 2.58 bits per heavy atom. The molecule has 0 radical (unpaired) electrons. The second-order valence-electron chi connectivity index (χ2n) is 7.01. The summed E-state index contributed by atoms with van der Waals surface area (Å²) in [6.07, 6.45) is 3.99. The summed E-state index contributed by atoms with van der Waals surface area (Å²) < 4.78 is 16.3. The molecule has 1 amide bonds. The number of benzene rings is 1. The predicted octanol–water partition coefficient (Wildman–Crippen LogP) is 1.96. The highest BCUT2D eigenvalue weighted by atomic mass is 16.5. The summed E-state index contributed by atoms with van der Waals surface area (Å²) in [4.78, 5) is 16.9. The first kappa shape index (κ1) is 19.0. The molecular weight excluding hydrogens is 332 g/mol. The van der Waals surface area contributed by atoms with E-state index in [9.17, 15) is 4.79 Å². The summed E-state index contributed by atoms with van der Waals surface area (Å²) in [7, 11) is 3.25. The molecule has 1 aromatic carbocycles. The average Bonchev–Trinajstić information content (AvgIpc) is 3.19. The Hall–Kier alpha value is -1.79. The molecule has 2 aliphatic heterocycles. The fourth-order valence-corrected chi connectivity index (χ4v) is 3.70. The molecule has 6 nitrogen and oxygen atoms in total. The van der Waals surface area contributed by atoms with Crippen molar-refractivity contribution in [2.24, 2.45) is 0 Å². The lowest BCUT2D eigenvalue weighted by Gasteiger charge is -2.35. The molecule has 0 aliphatic carbocycles. The van der Waals surface area contributed by atoms with Crippen LogP contribution < -0.4 is 9.47 Å². The summed E-state index contributed by atoms with van der Waals surface area (Å²) in [5.41, 5.74) is 1.09. The van der Waals surface area contributed by atoms with Crippen molar-refractivity contribution in [3.05, 3.63) is 23.8 Å². The van der Waals surface area contributed by atoms with E-state index in [0.717, 1.165) is 51.3 Å². The summed E-state index contributed by atoms with van der Waals surface area (Å²) in [5, 5.41) is 0. The van der Waals surface area contributed by atoms with Gasteiger partial charge in [-0.05, 0) is 37.0 Å². The highest BCUT2D eigenvalue weighted by molar-refractivity contribution is 5.76. The van der Waals surface area contributed by atoms with E-state index in [1.807, 2.05) is 23.1 Å². The maximum atomic E-state index is 12.5. The van der Waals surface area contributed by atoms with E-state index < -0.39 is 0 Å². The molecule has 0 bridgehead atoms. The van der Waals surface area contributed by atoms with Gasteiger partial charge in [-0.2, -0.15) is 0 Å². The lowest BCUT2D eigenvalue weighted by Crippen LogP contribution is -2.50. The molecular formula is C20H30N2O4. The van der Waals surface area contributed by atoms with Gasteiger partial charge in [0, 0.05) is 45.8 Å². The molecule has 0 aromatic heterocycles. The standard InChI is InChI=1S/C20H30N2O4/c1-24-18-7-5-16(14-19(18)25-2)6-8-20(23)22-11-9-21(10-12-22)15-17-4-3-13-26-17/h5,7,14,17H,3-4,6,8-13,15H2,1-2H3. The van der Waals surface area contributed by atoms with Crippen molar-refractivity contribution in [2.45, 2.75) is 31.8 Å². The molecule has 2 heterocycles. The van der Waals surface area contributed by atoms with E-state index in [2.05, 4.69) is 4.90 Å². The Bertz CT molecular complexity index is 593. The summed E-state index contributed by atoms with van der Waals surface area (Å²) in [6, 6.07) is 5.84. The van der Waals surface area contributed by atoms with Crippen LogP contribution in [0, 0.1) is 0 Å². The molecule has 0 N–H and O–H groups in total. The molecule has 2 saturated heterocycles. The van der Waals surface area contributed by atoms with Gasteiger partial charge in [0.25, 0.3) is 0 Å². The number of hydrogen-bond acceptors (Lipinski definition) is 5. The predicted molar refractivity (Wildman–Crippen MR) is 99.9 cm³/mol. The number of methoxy groups -OCH3 is 2. The van der Waals surface area contributed by atoms with Crippen molar-refractivity contribution in [1.29, 1.82) is 0 Å². The van der Waals surface area contributed by atoms with Crippen LogP contribution in [0.1, 0.15) is 24.8 Å². The number of carbonyl (C=O) groups excluding carboxylic acids is 1. The minimum Gasteiger partial charge on any atom is -0.493 e. The molecule has 1 aromatic rings. The lowest BCUT2D eigenvalue weighted by atomic mass is 10.1. The first-order valence-corrected chi connectivity index (χ1v) is 9.52. The van der Waals surface area contributed by atoms with Gasteiger partial charge in [-0.15, -0.1) is 0 Å². The van der Waals surface area contributed by atoms with Crippen LogP contribution in [0.2, 0.25) is 0 Å². The quantitative estimate of drug-likeness (QED) is 0.742. The lowest BCUT2D eigenvalue weighted by molar-refractivity contribution is -0.133. The molecule has 0 saturated carbocycles. The molecule has 6 heteroatoms. The summed E-state index contributed by atoms with van der Waals surface area (Å²) >= 11 is 0. The maximum Gasteiger partial charge on any atom is 0.222 e. The monoisotopic (exact) mass is 362 g/mol. The van der Waals surface area contributed by atoms with Crippen molar-refractivity contribution >= 4 is 5.91 Å². The fourth-order valence-electron chi connectivity index (χ4n) is 3.70. The fraction of sp³-hybridized carbons (Fsp3) is 0.650. The molecule has 2 fully saturated rings. The van der Waals surface area contributed by atoms with Crippen molar-refractivity contribution in [3.63, 3.8) is 0 Å². The molecule has 1 atom stereocenters. The van der Waals surface area contributed by atoms with E-state index in [0.29, 0.717) is 24.0 Å². The number of hydrogen-bond donors (Lipinski definition) is 0. The Morgan fingerprint density at radius 2 is 1.92 bits per heavy atom. The van der Waals surface area contributed by atoms with Gasteiger partial charge in [-0.25, -0.2) is 0 Å². The second kappa shape index (κ2) is 9.24. The Kier molecular flexibility index (Phi) is 6.74. The van der Waals surface area contributed by atoms with E-state index in [-0.39, 0.29) is 5.91 Å². The number of aryl methyl sites for hydroxylation is 1. The zero-order chi connectivity index (χ0) is 18.4. The highest BCUT2D eigenvalue weighted by Gasteiger charge is 2.24. The summed E-state index contributed by atoms with van der Waals surface area (Å²) in [5.74, 6) is 1.65. The third-order valence-corrected chi connectivity index (χ3v) is 5.29. The van der Waals surface area contributed by atoms with Crippen molar-refractivity contribution in [1.82, 2.24) is 9.80 Å². The van der Waals surface area contributed by atoms with Crippen LogP contribution >= 0.6 is 0 Å². The number of amides is 1. The third-order valence-electron chi connectivity index (χ3n) is 5.29. The zero-order valence-electron chi connectivity index (χ0n) is 15.9. The first-order valence-electron chi connectivity index (χ1n) is 9.52. The van der Waals surface area contributed by atoms with Gasteiger partial charge in [0.15, 0.2) is 11.5 Å². The van der Waals surface area contributed by atoms with Crippen molar-refractivity contribution < 1.29 is 19.0 Å². The SMILES string of the molecule is COc1ccc(CCC(=O)N2CCN(CC3CCCO3)CC2)cc1OC. The van der Waals surface area contributed by atoms with Crippen LogP contribution in [0.15, 0.2) is 18.2 Å². The van der Waals surface area contributed by atoms with E-state index in [1.165, 1.54) is 12.8 Å². The number of rotatable bonds is 7. The Labute approximate surface area is 156 Å². The third kappa shape index (κ3) is 4.89. The van der Waals surface area contributed by atoms with Crippen LogP contribution in [-0.2, 0) is 16.0 Å². The van der Waals surface area contributed by atoms with E-state index in [1.54, 1.807) is 14.2 Å². The van der Waals surface area contributed by atoms with E-state index in [4.69, 9.17) is 14.2 Å². The van der Waals surface area contributed by atoms with Crippen LogP contribution in [-0.4, -0.2) is 75.4 Å². The van der Waals surface area contributed by atoms with Gasteiger partial charge in [0.1, 0.15) is 0 Å². The second-order valence-corrected chi connectivity index (χ2v) is 7.01. The highest BCUT2D eigenvalue weighted by Crippen LogP contribution is 2.28. The molecule has 144 valence electrons. The largest absolute Gasteiger partial charge is 0.493 e. The number of ether oxygens (including phenoxy) is 3. The zero-order valence-corrected chi connectivity index (χ0v) is 15.9. The van der Waals surface area contributed by atoms with Gasteiger partial charge in [0.05, 0.1) is 20.3 Å². The maximum absolute atomic E-state index is 12.5. The number of carbonyl (C=O) groups is 1. The molecule has 0 spiro atoms. The topological polar surface area (TPSA) is 51.2 Å². The molecule has 26 heavy (non-hydrogen) atoms. The van der Waals surface area contributed by atoms with Crippen LogP contribution in [0.25, 0.3) is 0 Å². The minimum absolute atomic E-state index is 0.233. The molecule has 3 rings (SSSR count). The van der Waals surface area contributed by atoms with Crippen LogP contribution in [0.3, 0.4) is 0 Å². The van der Waals surface area contributed by atoms with Crippen molar-refractivity contribution in [3.8, 4) is 11.5 Å². The van der Waals surface area contributed by atoms with Crippen LogP contribution in [0.5, 0.6) is 11.5 Å². The number of nitrogens with zero attached hydrogens (tertiary/aromatic N) is 2. The molecule has 2 aliphatic rings. The van der Waals surface area contributed by atoms with Crippen molar-refractivity contribution in [2.75, 3.05) is 53.6 Å². The van der Waals surface area contributed by atoms with Gasteiger partial charge in [-0.3, -0.25) is 9.69 Å². The van der Waals surface area contributed by atoms with Gasteiger partial charge >= 0.3 is 0 Å². The normalized spacial score (nSPS) is 21.0. The van der Waals surface area contributed by atoms with Gasteiger partial charge in [0.2, 0.25) is 5.91 Å². The summed E-state index contributed by atoms with van der Waals surface area (Å²) in [6.45, 7) is 5.44. The van der Waals surface area contributed by atoms with Crippen LogP contribution in [0.4, 0.5) is 0 Å². The molecule has 1 unspecified atom stereocenters. The first-order chi connectivity index (χ1) is 12.7. The minimum atomic E-state index is 0.233. The number of piperazine rings is 1.